The minimum Gasteiger partial charge on any atom is -0.395 e. The number of aryl methyl sites for hydroxylation is 2. The highest BCUT2D eigenvalue weighted by Gasteiger charge is 2.22. The van der Waals surface area contributed by atoms with Crippen molar-refractivity contribution in [2.45, 2.75) is 13.5 Å². The molecule has 0 saturated carbocycles. The first-order valence-electron chi connectivity index (χ1n) is 10.3. The number of aliphatic hydroxyl groups excluding tert-OH is 1. The lowest BCUT2D eigenvalue weighted by molar-refractivity contribution is 0.274. The number of nitrogens with zero attached hydrogens (tertiary/aromatic N) is 8. The predicted molar refractivity (Wildman–Crippen MR) is 119 cm³/mol. The minimum absolute atomic E-state index is 0.0906. The van der Waals surface area contributed by atoms with Crippen molar-refractivity contribution in [3.63, 3.8) is 0 Å². The van der Waals surface area contributed by atoms with Crippen LogP contribution in [0.3, 0.4) is 0 Å². The van der Waals surface area contributed by atoms with Crippen LogP contribution >= 0.6 is 0 Å². The Morgan fingerprint density at radius 1 is 1.06 bits per heavy atom. The third kappa shape index (κ3) is 3.38. The van der Waals surface area contributed by atoms with E-state index in [2.05, 4.69) is 29.9 Å². The number of anilines is 2. The average molecular weight is 420 g/mol. The van der Waals surface area contributed by atoms with Crippen LogP contribution in [-0.2, 0) is 13.6 Å². The van der Waals surface area contributed by atoms with Crippen LogP contribution in [0, 0.1) is 6.92 Å². The molecule has 0 unspecified atom stereocenters. The van der Waals surface area contributed by atoms with Crippen LogP contribution in [0.25, 0.3) is 21.9 Å². The van der Waals surface area contributed by atoms with E-state index in [-0.39, 0.29) is 18.7 Å². The van der Waals surface area contributed by atoms with E-state index >= 15 is 0 Å². The zero-order valence-electron chi connectivity index (χ0n) is 17.6. The van der Waals surface area contributed by atoms with E-state index in [0.717, 1.165) is 54.5 Å². The summed E-state index contributed by atoms with van der Waals surface area (Å²) in [5.74, 6) is 1.67. The Labute approximate surface area is 178 Å². The van der Waals surface area contributed by atoms with Gasteiger partial charge in [-0.15, -0.1) is 0 Å². The maximum atomic E-state index is 12.5. The molecule has 1 saturated heterocycles. The molecule has 1 aromatic carbocycles. The first kappa shape index (κ1) is 19.4. The highest BCUT2D eigenvalue weighted by molar-refractivity contribution is 5.87. The van der Waals surface area contributed by atoms with Crippen molar-refractivity contribution in [3.8, 4) is 0 Å². The maximum absolute atomic E-state index is 12.5. The lowest BCUT2D eigenvalue weighted by Crippen LogP contribution is -2.47. The Balaban J connectivity index is 1.38. The van der Waals surface area contributed by atoms with Gasteiger partial charge in [0.05, 0.1) is 42.0 Å². The normalized spacial score (nSPS) is 14.7. The van der Waals surface area contributed by atoms with Gasteiger partial charge in [-0.2, -0.15) is 5.10 Å². The number of fused-ring (bicyclic) bond motifs is 2. The van der Waals surface area contributed by atoms with Crippen LogP contribution in [0.5, 0.6) is 0 Å². The van der Waals surface area contributed by atoms with E-state index in [0.29, 0.717) is 10.9 Å². The van der Waals surface area contributed by atoms with Gasteiger partial charge in [-0.05, 0) is 25.1 Å². The number of aromatic nitrogens is 6. The molecule has 1 aliphatic rings. The fourth-order valence-electron chi connectivity index (χ4n) is 4.14. The molecule has 0 amide bonds. The molecule has 31 heavy (non-hydrogen) atoms. The number of benzene rings is 1. The van der Waals surface area contributed by atoms with Crippen LogP contribution in [0.2, 0.25) is 0 Å². The van der Waals surface area contributed by atoms with E-state index in [1.807, 2.05) is 38.4 Å². The molecule has 0 atom stereocenters. The number of piperazine rings is 1. The van der Waals surface area contributed by atoms with Crippen molar-refractivity contribution < 1.29 is 5.11 Å². The van der Waals surface area contributed by atoms with Crippen molar-refractivity contribution >= 4 is 33.4 Å². The van der Waals surface area contributed by atoms with Gasteiger partial charge in [-0.3, -0.25) is 14.0 Å². The van der Waals surface area contributed by atoms with E-state index in [1.165, 1.54) is 10.9 Å². The van der Waals surface area contributed by atoms with Crippen LogP contribution < -0.4 is 15.4 Å². The topological polar surface area (TPSA) is 105 Å². The summed E-state index contributed by atoms with van der Waals surface area (Å²) in [5, 5.41) is 15.0. The van der Waals surface area contributed by atoms with Crippen molar-refractivity contribution in [2.24, 2.45) is 7.05 Å². The summed E-state index contributed by atoms with van der Waals surface area (Å²) >= 11 is 0. The second-order valence-electron chi connectivity index (χ2n) is 7.74. The van der Waals surface area contributed by atoms with Crippen LogP contribution in [0.4, 0.5) is 11.5 Å². The van der Waals surface area contributed by atoms with Crippen molar-refractivity contribution in [2.75, 3.05) is 42.6 Å². The Kier molecular flexibility index (Phi) is 4.78. The lowest BCUT2D eigenvalue weighted by Gasteiger charge is -2.37. The largest absolute Gasteiger partial charge is 0.395 e. The van der Waals surface area contributed by atoms with Gasteiger partial charge < -0.3 is 14.9 Å². The summed E-state index contributed by atoms with van der Waals surface area (Å²) < 4.78 is 3.21. The molecule has 10 heteroatoms. The van der Waals surface area contributed by atoms with Crippen molar-refractivity contribution in [3.05, 3.63) is 46.9 Å². The highest BCUT2D eigenvalue weighted by atomic mass is 16.3. The van der Waals surface area contributed by atoms with Crippen LogP contribution in [-0.4, -0.2) is 67.2 Å². The fraction of sp³-hybridized carbons (Fsp3) is 0.381. The molecular formula is C21H24N8O2. The van der Waals surface area contributed by atoms with E-state index in [4.69, 9.17) is 5.11 Å². The summed E-state index contributed by atoms with van der Waals surface area (Å²) in [6.45, 7) is 5.37. The molecule has 160 valence electrons. The minimum atomic E-state index is -0.130. The fourth-order valence-corrected chi connectivity index (χ4v) is 4.14. The van der Waals surface area contributed by atoms with Crippen LogP contribution in [0.1, 0.15) is 5.82 Å². The molecule has 0 bridgehead atoms. The zero-order chi connectivity index (χ0) is 21.5. The first-order chi connectivity index (χ1) is 15.0. The van der Waals surface area contributed by atoms with Crippen molar-refractivity contribution in [1.29, 1.82) is 0 Å². The average Bonchev–Trinajstić information content (AvgIpc) is 3.16. The molecule has 1 N–H and O–H groups in total. The molecule has 0 radical (unpaired) electrons. The van der Waals surface area contributed by atoms with Gasteiger partial charge in [0.25, 0.3) is 5.56 Å². The van der Waals surface area contributed by atoms with E-state index in [1.54, 1.807) is 4.68 Å². The Hall–Kier alpha value is -3.53. The second-order valence-corrected chi connectivity index (χ2v) is 7.74. The number of rotatable bonds is 4. The molecule has 3 aromatic heterocycles. The van der Waals surface area contributed by atoms with E-state index < -0.39 is 0 Å². The molecule has 4 aromatic rings. The number of hydrogen-bond donors (Lipinski definition) is 1. The Morgan fingerprint density at radius 3 is 2.61 bits per heavy atom. The SMILES string of the molecule is Cc1nc(N2CCN(c3ccc4c(=O)n(CCO)cnc4c3)CC2)c2cnn(C)c2n1. The molecule has 0 spiro atoms. The summed E-state index contributed by atoms with van der Waals surface area (Å²) in [4.78, 5) is 30.7. The summed E-state index contributed by atoms with van der Waals surface area (Å²) in [6, 6.07) is 5.76. The van der Waals surface area contributed by atoms with E-state index in [9.17, 15) is 4.79 Å². The molecular weight excluding hydrogens is 396 g/mol. The quantitative estimate of drug-likeness (QED) is 0.514. The lowest BCUT2D eigenvalue weighted by atomic mass is 10.2. The third-order valence-corrected chi connectivity index (χ3v) is 5.78. The highest BCUT2D eigenvalue weighted by Crippen LogP contribution is 2.26. The van der Waals surface area contributed by atoms with Gasteiger partial charge >= 0.3 is 0 Å². The van der Waals surface area contributed by atoms with Gasteiger partial charge in [0.15, 0.2) is 5.65 Å². The zero-order valence-corrected chi connectivity index (χ0v) is 17.6. The monoisotopic (exact) mass is 420 g/mol. The summed E-state index contributed by atoms with van der Waals surface area (Å²) in [6.07, 6.45) is 3.33. The molecule has 4 heterocycles. The smallest absolute Gasteiger partial charge is 0.261 e. The number of aliphatic hydroxyl groups is 1. The van der Waals surface area contributed by atoms with Gasteiger partial charge in [-0.1, -0.05) is 0 Å². The van der Waals surface area contributed by atoms with Gasteiger partial charge in [0, 0.05) is 38.9 Å². The van der Waals surface area contributed by atoms with Gasteiger partial charge in [0.2, 0.25) is 0 Å². The molecule has 5 rings (SSSR count). The maximum Gasteiger partial charge on any atom is 0.261 e. The standard InChI is InChI=1S/C21H24N8O2/c1-14-24-19-17(12-23-26(19)2)20(25-14)28-7-5-27(6-8-28)15-3-4-16-18(11-15)22-13-29(9-10-30)21(16)31/h3-4,11-13,30H,5-10H2,1-2H3. The Bertz CT molecular complexity index is 1320. The second kappa shape index (κ2) is 7.62. The molecule has 10 nitrogen and oxygen atoms in total. The summed E-state index contributed by atoms with van der Waals surface area (Å²) in [5.41, 5.74) is 2.43. The van der Waals surface area contributed by atoms with Crippen molar-refractivity contribution in [1.82, 2.24) is 29.3 Å². The molecule has 1 fully saturated rings. The Morgan fingerprint density at radius 2 is 1.84 bits per heavy atom. The van der Waals surface area contributed by atoms with Crippen LogP contribution in [0.15, 0.2) is 35.5 Å². The first-order valence-corrected chi connectivity index (χ1v) is 10.3. The third-order valence-electron chi connectivity index (χ3n) is 5.78. The van der Waals surface area contributed by atoms with Gasteiger partial charge in [0.1, 0.15) is 11.6 Å². The molecule has 0 aliphatic carbocycles. The number of hydrogen-bond acceptors (Lipinski definition) is 8. The van der Waals surface area contributed by atoms with Gasteiger partial charge in [-0.25, -0.2) is 15.0 Å². The summed E-state index contributed by atoms with van der Waals surface area (Å²) in [7, 11) is 1.89. The predicted octanol–water partition coefficient (Wildman–Crippen LogP) is 0.701. The molecule has 1 aliphatic heterocycles.